The molecule has 0 radical (unpaired) electrons. The summed E-state index contributed by atoms with van der Waals surface area (Å²) in [6, 6.07) is 15.2. The van der Waals surface area contributed by atoms with Crippen LogP contribution in [-0.4, -0.2) is 62.5 Å². The van der Waals surface area contributed by atoms with Crippen LogP contribution in [0.2, 0.25) is 16.6 Å². The maximum Gasteiger partial charge on any atom is 0.258 e. The fourth-order valence-corrected chi connectivity index (χ4v) is 13.2. The number of nitrogens with two attached hydrogens (primary N) is 1. The van der Waals surface area contributed by atoms with Crippen LogP contribution < -0.4 is 20.5 Å². The molecule has 0 unspecified atom stereocenters. The van der Waals surface area contributed by atoms with Gasteiger partial charge in [0.05, 0.1) is 12.7 Å². The van der Waals surface area contributed by atoms with Crippen LogP contribution >= 0.6 is 0 Å². The molecule has 9 nitrogen and oxygen atoms in total. The molecule has 1 aromatic heterocycles. The molecule has 1 heterocycles. The summed E-state index contributed by atoms with van der Waals surface area (Å²) in [5.41, 5.74) is 11.0. The number of aromatic nitrogens is 2. The van der Waals surface area contributed by atoms with E-state index >= 15 is 4.39 Å². The third-order valence-corrected chi connectivity index (χ3v) is 16.8. The Labute approximate surface area is 319 Å². The number of amides is 1. The van der Waals surface area contributed by atoms with Crippen LogP contribution in [0.15, 0.2) is 60.9 Å². The summed E-state index contributed by atoms with van der Waals surface area (Å²) < 4.78 is 48.8. The Morgan fingerprint density at radius 2 is 1.61 bits per heavy atom. The normalized spacial score (nSPS) is 13.3. The Kier molecular flexibility index (Phi) is 13.5. The molecule has 3 N–H and O–H groups in total. The molecule has 0 saturated heterocycles. The maximum atomic E-state index is 15.2. The van der Waals surface area contributed by atoms with Crippen molar-refractivity contribution in [3.63, 3.8) is 0 Å². The van der Waals surface area contributed by atoms with Gasteiger partial charge < -0.3 is 25.0 Å². The van der Waals surface area contributed by atoms with Gasteiger partial charge in [0.25, 0.3) is 5.91 Å². The summed E-state index contributed by atoms with van der Waals surface area (Å²) in [6.07, 6.45) is 3.33. The first-order valence-electron chi connectivity index (χ1n) is 18.9. The van der Waals surface area contributed by atoms with Crippen LogP contribution in [0.4, 0.5) is 20.3 Å². The number of halogens is 2. The molecule has 4 aromatic rings. The van der Waals surface area contributed by atoms with Gasteiger partial charge in [-0.25, -0.2) is 18.7 Å². The van der Waals surface area contributed by atoms with E-state index in [1.165, 1.54) is 30.6 Å². The number of rotatable bonds is 18. The lowest BCUT2D eigenvalue weighted by Crippen LogP contribution is -2.49. The van der Waals surface area contributed by atoms with E-state index in [4.69, 9.17) is 19.6 Å². The first kappa shape index (κ1) is 40.8. The molecule has 1 aliphatic rings. The third kappa shape index (κ3) is 9.45. The minimum absolute atomic E-state index is 0.0960. The number of carbonyl (C=O) groups excluding carboxylic acids is 1. The molecule has 1 saturated carbocycles. The van der Waals surface area contributed by atoms with E-state index in [2.05, 4.69) is 61.7 Å². The summed E-state index contributed by atoms with van der Waals surface area (Å²) >= 11 is 0. The largest absolute Gasteiger partial charge is 0.497 e. The summed E-state index contributed by atoms with van der Waals surface area (Å²) in [4.78, 5) is 24.1. The van der Waals surface area contributed by atoms with Crippen molar-refractivity contribution < 1.29 is 27.5 Å². The van der Waals surface area contributed by atoms with Crippen molar-refractivity contribution in [2.75, 3.05) is 44.5 Å². The molecule has 0 spiro atoms. The summed E-state index contributed by atoms with van der Waals surface area (Å²) in [5, 5.41) is 2.70. The average Bonchev–Trinajstić information content (AvgIpc) is 3.98. The SMILES string of the molecule is COc1ccc(CN(CCOc2c(N)ncnc2-c2cc(F)cc(NC(=O)c3ccc(C4CC4)cc3F)c2C)CCO[Si](C(C)C)(C(C)C)C(C)C)cc1. The number of carbonyl (C=O) groups is 1. The van der Waals surface area contributed by atoms with Gasteiger partial charge in [0.1, 0.15) is 36.0 Å². The molecule has 5 rings (SSSR count). The molecule has 1 amide bonds. The van der Waals surface area contributed by atoms with E-state index in [1.54, 1.807) is 20.1 Å². The topological polar surface area (TPSA) is 112 Å². The predicted molar refractivity (Wildman–Crippen MR) is 214 cm³/mol. The van der Waals surface area contributed by atoms with Crippen molar-refractivity contribution in [2.45, 2.75) is 90.4 Å². The van der Waals surface area contributed by atoms with Gasteiger partial charge in [-0.2, -0.15) is 0 Å². The molecular formula is C42H55F2N5O4Si. The standard InChI is InChI=1S/C42H55F2N5O4Si/c1-26(2)54(27(3)4,28(5)6)53-20-18-49(24-30-9-14-34(51-8)15-10-30)17-19-52-40-39(46-25-47-41(40)45)36-22-33(43)23-38(29(36)7)48-42(50)35-16-13-32(21-37(35)44)31-11-12-31/h9-10,13-16,21-23,25-28,31H,11-12,17-20,24H2,1-8H3,(H,48,50)(H2,45,46,47). The van der Waals surface area contributed by atoms with Crippen molar-refractivity contribution in [1.82, 2.24) is 14.9 Å². The molecule has 3 aromatic carbocycles. The quantitative estimate of drug-likeness (QED) is 0.0966. The van der Waals surface area contributed by atoms with Gasteiger partial charge in [0.15, 0.2) is 19.9 Å². The van der Waals surface area contributed by atoms with Gasteiger partial charge in [0.2, 0.25) is 0 Å². The Morgan fingerprint density at radius 1 is 0.944 bits per heavy atom. The molecule has 54 heavy (non-hydrogen) atoms. The average molecular weight is 760 g/mol. The number of nitrogens with one attached hydrogen (secondary N) is 1. The van der Waals surface area contributed by atoms with Crippen LogP contribution in [0.3, 0.4) is 0 Å². The highest BCUT2D eigenvalue weighted by molar-refractivity contribution is 6.77. The maximum absolute atomic E-state index is 15.2. The van der Waals surface area contributed by atoms with Crippen LogP contribution in [0, 0.1) is 18.6 Å². The van der Waals surface area contributed by atoms with Crippen LogP contribution in [0.5, 0.6) is 11.5 Å². The lowest BCUT2D eigenvalue weighted by atomic mass is 10.0. The molecule has 12 heteroatoms. The fourth-order valence-electron chi connectivity index (χ4n) is 7.74. The number of methoxy groups -OCH3 is 1. The van der Waals surface area contributed by atoms with Crippen molar-refractivity contribution in [3.05, 3.63) is 94.8 Å². The molecule has 1 aliphatic carbocycles. The van der Waals surface area contributed by atoms with Crippen LogP contribution in [0.25, 0.3) is 11.3 Å². The van der Waals surface area contributed by atoms with Crippen LogP contribution in [-0.2, 0) is 11.0 Å². The number of hydrogen-bond donors (Lipinski definition) is 2. The second kappa shape index (κ2) is 17.8. The molecule has 0 atom stereocenters. The van der Waals surface area contributed by atoms with E-state index in [9.17, 15) is 9.18 Å². The highest BCUT2D eigenvalue weighted by atomic mass is 28.4. The minimum atomic E-state index is -2.07. The monoisotopic (exact) mass is 759 g/mol. The van der Waals surface area contributed by atoms with E-state index in [0.717, 1.165) is 29.7 Å². The molecule has 0 aliphatic heterocycles. The Bertz CT molecular complexity index is 1880. The number of benzene rings is 3. The summed E-state index contributed by atoms with van der Waals surface area (Å²) in [7, 11) is -0.422. The number of nitrogen functional groups attached to an aromatic ring is 1. The van der Waals surface area contributed by atoms with E-state index in [-0.39, 0.29) is 35.1 Å². The molecule has 290 valence electrons. The highest BCUT2D eigenvalue weighted by Gasteiger charge is 2.45. The number of nitrogens with zero attached hydrogens (tertiary/aromatic N) is 3. The van der Waals surface area contributed by atoms with E-state index in [1.807, 2.05) is 24.3 Å². The van der Waals surface area contributed by atoms with E-state index in [0.29, 0.717) is 59.9 Å². The summed E-state index contributed by atoms with van der Waals surface area (Å²) in [6.45, 7) is 18.1. The van der Waals surface area contributed by atoms with Gasteiger partial charge in [-0.05, 0) is 95.4 Å². The smallest absolute Gasteiger partial charge is 0.258 e. The Balaban J connectivity index is 1.34. The first-order valence-corrected chi connectivity index (χ1v) is 21.0. The minimum Gasteiger partial charge on any atom is -0.497 e. The second-order valence-corrected chi connectivity index (χ2v) is 20.6. The van der Waals surface area contributed by atoms with Gasteiger partial charge in [-0.15, -0.1) is 0 Å². The van der Waals surface area contributed by atoms with Gasteiger partial charge in [-0.1, -0.05) is 59.7 Å². The number of ether oxygens (including phenoxy) is 2. The molecular weight excluding hydrogens is 705 g/mol. The van der Waals surface area contributed by atoms with Crippen molar-refractivity contribution in [3.8, 4) is 22.8 Å². The fraction of sp³-hybridized carbons (Fsp3) is 0.452. The van der Waals surface area contributed by atoms with Crippen molar-refractivity contribution >= 4 is 25.7 Å². The lowest BCUT2D eigenvalue weighted by molar-refractivity contribution is 0.102. The van der Waals surface area contributed by atoms with Gasteiger partial charge in [-0.3, -0.25) is 9.69 Å². The highest BCUT2D eigenvalue weighted by Crippen LogP contribution is 2.43. The lowest BCUT2D eigenvalue weighted by Gasteiger charge is -2.42. The van der Waals surface area contributed by atoms with Crippen molar-refractivity contribution in [1.29, 1.82) is 0 Å². The predicted octanol–water partition coefficient (Wildman–Crippen LogP) is 9.52. The molecule has 1 fully saturated rings. The third-order valence-electron chi connectivity index (χ3n) is 10.7. The number of hydrogen-bond acceptors (Lipinski definition) is 8. The zero-order valence-corrected chi connectivity index (χ0v) is 33.8. The number of anilines is 2. The zero-order valence-electron chi connectivity index (χ0n) is 32.8. The summed E-state index contributed by atoms with van der Waals surface area (Å²) in [5.74, 6) is -0.472. The van der Waals surface area contributed by atoms with Gasteiger partial charge >= 0.3 is 0 Å². The first-order chi connectivity index (χ1) is 25.7. The van der Waals surface area contributed by atoms with Crippen molar-refractivity contribution in [2.24, 2.45) is 0 Å². The second-order valence-electron chi connectivity index (χ2n) is 15.2. The van der Waals surface area contributed by atoms with Gasteiger partial charge in [0, 0.05) is 37.5 Å². The van der Waals surface area contributed by atoms with Crippen LogP contribution in [0.1, 0.15) is 87.4 Å². The Hall–Kier alpha value is -4.39. The Morgan fingerprint density at radius 3 is 2.22 bits per heavy atom. The molecule has 0 bridgehead atoms. The van der Waals surface area contributed by atoms with E-state index < -0.39 is 25.9 Å². The zero-order chi connectivity index (χ0) is 39.2.